The third kappa shape index (κ3) is 5.72. The molecule has 0 unspecified atom stereocenters. The van der Waals surface area contributed by atoms with Crippen LogP contribution in [0.4, 0.5) is 11.4 Å². The van der Waals surface area contributed by atoms with Crippen LogP contribution in [-0.4, -0.2) is 34.2 Å². The maximum atomic E-state index is 12.3. The topological polar surface area (TPSA) is 75.7 Å². The molecule has 0 spiro atoms. The van der Waals surface area contributed by atoms with Gasteiger partial charge < -0.3 is 10.1 Å². The quantitative estimate of drug-likeness (QED) is 0.712. The van der Waals surface area contributed by atoms with E-state index in [0.717, 1.165) is 23.9 Å². The molecule has 6 nitrogen and oxygen atoms in total. The fraction of sp³-hybridized carbons (Fsp3) is 0.350. The van der Waals surface area contributed by atoms with Gasteiger partial charge >= 0.3 is 0 Å². The zero-order chi connectivity index (χ0) is 19.9. The van der Waals surface area contributed by atoms with Crippen molar-refractivity contribution in [3.05, 3.63) is 54.1 Å². The predicted molar refractivity (Wildman–Crippen MR) is 109 cm³/mol. The smallest absolute Gasteiger partial charge is 0.232 e. The Labute approximate surface area is 161 Å². The normalized spacial score (nSPS) is 11.1. The lowest BCUT2D eigenvalue weighted by atomic mass is 10.1. The van der Waals surface area contributed by atoms with Crippen LogP contribution in [0.5, 0.6) is 5.75 Å². The van der Waals surface area contributed by atoms with Crippen LogP contribution in [-0.2, 0) is 21.2 Å². The minimum Gasteiger partial charge on any atom is -0.495 e. The summed E-state index contributed by atoms with van der Waals surface area (Å²) in [5.41, 5.74) is 2.34. The minimum absolute atomic E-state index is 0.135. The van der Waals surface area contributed by atoms with E-state index in [1.807, 2.05) is 31.2 Å². The number of sulfonamides is 1. The summed E-state index contributed by atoms with van der Waals surface area (Å²) in [4.78, 5) is 12.3. The number of anilines is 2. The van der Waals surface area contributed by atoms with Gasteiger partial charge in [-0.2, -0.15) is 0 Å². The van der Waals surface area contributed by atoms with Gasteiger partial charge in [0.25, 0.3) is 0 Å². The SMILES string of the molecule is CCc1ccccc1NC(=O)CCCN(c1ccccc1OC)S(C)(=O)=O. The molecule has 2 aromatic rings. The second kappa shape index (κ2) is 9.41. The number of benzene rings is 2. The number of amides is 1. The minimum atomic E-state index is -3.50. The van der Waals surface area contributed by atoms with E-state index in [9.17, 15) is 13.2 Å². The standard InChI is InChI=1S/C20H26N2O4S/c1-4-16-10-5-6-11-17(16)21-20(23)14-9-15-22(27(3,24)25)18-12-7-8-13-19(18)26-2/h5-8,10-13H,4,9,14-15H2,1-3H3,(H,21,23). The summed E-state index contributed by atoms with van der Waals surface area (Å²) in [7, 11) is -2.00. The first-order valence-electron chi connectivity index (χ1n) is 8.85. The fourth-order valence-corrected chi connectivity index (χ4v) is 3.82. The number of hydrogen-bond donors (Lipinski definition) is 1. The molecule has 0 bridgehead atoms. The highest BCUT2D eigenvalue weighted by Crippen LogP contribution is 2.29. The van der Waals surface area contributed by atoms with Gasteiger partial charge in [0.1, 0.15) is 5.75 Å². The maximum absolute atomic E-state index is 12.3. The summed E-state index contributed by atoms with van der Waals surface area (Å²) in [6.45, 7) is 2.23. The number of carbonyl (C=O) groups is 1. The highest BCUT2D eigenvalue weighted by molar-refractivity contribution is 7.92. The van der Waals surface area contributed by atoms with Gasteiger partial charge in [0.2, 0.25) is 15.9 Å². The zero-order valence-electron chi connectivity index (χ0n) is 15.9. The summed E-state index contributed by atoms with van der Waals surface area (Å²) in [6, 6.07) is 14.6. The number of aryl methyl sites for hydroxylation is 1. The van der Waals surface area contributed by atoms with Gasteiger partial charge in [0.05, 0.1) is 19.1 Å². The Bertz CT molecular complexity index is 881. The highest BCUT2D eigenvalue weighted by Gasteiger charge is 2.20. The lowest BCUT2D eigenvalue weighted by Crippen LogP contribution is -2.31. The van der Waals surface area contributed by atoms with Crippen LogP contribution >= 0.6 is 0 Å². The molecule has 0 aliphatic heterocycles. The van der Waals surface area contributed by atoms with Crippen molar-refractivity contribution in [1.82, 2.24) is 0 Å². The van der Waals surface area contributed by atoms with E-state index >= 15 is 0 Å². The molecule has 0 aliphatic carbocycles. The first kappa shape index (κ1) is 20.8. The molecule has 0 aliphatic rings. The Hall–Kier alpha value is -2.54. The largest absolute Gasteiger partial charge is 0.495 e. The van der Waals surface area contributed by atoms with E-state index in [4.69, 9.17) is 4.74 Å². The Morgan fingerprint density at radius 1 is 1.11 bits per heavy atom. The summed E-state index contributed by atoms with van der Waals surface area (Å²) in [5, 5.41) is 2.90. The fourth-order valence-electron chi connectivity index (χ4n) is 2.85. The van der Waals surface area contributed by atoms with Gasteiger partial charge in [0, 0.05) is 18.7 Å². The van der Waals surface area contributed by atoms with Crippen molar-refractivity contribution in [3.8, 4) is 5.75 Å². The van der Waals surface area contributed by atoms with E-state index in [-0.39, 0.29) is 18.9 Å². The third-order valence-corrected chi connectivity index (χ3v) is 5.37. The molecular weight excluding hydrogens is 364 g/mol. The average Bonchev–Trinajstić information content (AvgIpc) is 2.64. The van der Waals surface area contributed by atoms with Crippen molar-refractivity contribution in [3.63, 3.8) is 0 Å². The van der Waals surface area contributed by atoms with Crippen LogP contribution in [0.2, 0.25) is 0 Å². The Morgan fingerprint density at radius 2 is 1.78 bits per heavy atom. The van der Waals surface area contributed by atoms with Crippen molar-refractivity contribution in [2.45, 2.75) is 26.2 Å². The number of methoxy groups -OCH3 is 1. The van der Waals surface area contributed by atoms with Crippen molar-refractivity contribution in [1.29, 1.82) is 0 Å². The molecule has 7 heteroatoms. The molecule has 2 rings (SSSR count). The number of nitrogens with one attached hydrogen (secondary N) is 1. The molecule has 0 fully saturated rings. The molecule has 2 aromatic carbocycles. The van der Waals surface area contributed by atoms with E-state index in [1.165, 1.54) is 11.4 Å². The van der Waals surface area contributed by atoms with Gasteiger partial charge in [-0.3, -0.25) is 9.10 Å². The Balaban J connectivity index is 2.03. The first-order valence-corrected chi connectivity index (χ1v) is 10.7. The number of hydrogen-bond acceptors (Lipinski definition) is 4. The number of ether oxygens (including phenoxy) is 1. The molecule has 0 heterocycles. The second-order valence-electron chi connectivity index (χ2n) is 6.17. The Morgan fingerprint density at radius 3 is 2.44 bits per heavy atom. The molecule has 0 radical (unpaired) electrons. The summed E-state index contributed by atoms with van der Waals surface area (Å²) >= 11 is 0. The van der Waals surface area contributed by atoms with E-state index in [0.29, 0.717) is 17.9 Å². The molecule has 0 atom stereocenters. The van der Waals surface area contributed by atoms with E-state index in [1.54, 1.807) is 24.3 Å². The van der Waals surface area contributed by atoms with Crippen LogP contribution in [0.15, 0.2) is 48.5 Å². The average molecular weight is 391 g/mol. The molecule has 1 amide bonds. The summed E-state index contributed by atoms with van der Waals surface area (Å²) < 4.78 is 31.0. The molecular formula is C20H26N2O4S. The van der Waals surface area contributed by atoms with Crippen LogP contribution in [0.25, 0.3) is 0 Å². The lowest BCUT2D eigenvalue weighted by molar-refractivity contribution is -0.116. The first-order chi connectivity index (χ1) is 12.9. The maximum Gasteiger partial charge on any atom is 0.232 e. The van der Waals surface area contributed by atoms with Crippen molar-refractivity contribution in [2.24, 2.45) is 0 Å². The van der Waals surface area contributed by atoms with Gasteiger partial charge in [-0.15, -0.1) is 0 Å². The third-order valence-electron chi connectivity index (χ3n) is 4.19. The molecule has 1 N–H and O–H groups in total. The summed E-state index contributed by atoms with van der Waals surface area (Å²) in [5.74, 6) is 0.341. The van der Waals surface area contributed by atoms with Crippen molar-refractivity contribution >= 4 is 27.3 Å². The van der Waals surface area contributed by atoms with Crippen LogP contribution in [0.1, 0.15) is 25.3 Å². The predicted octanol–water partition coefficient (Wildman–Crippen LogP) is 3.44. The van der Waals surface area contributed by atoms with Gasteiger partial charge in [0.15, 0.2) is 0 Å². The number of rotatable bonds is 9. The van der Waals surface area contributed by atoms with E-state index in [2.05, 4.69) is 5.32 Å². The van der Waals surface area contributed by atoms with Crippen LogP contribution < -0.4 is 14.4 Å². The number of carbonyl (C=O) groups excluding carboxylic acids is 1. The number of para-hydroxylation sites is 3. The zero-order valence-corrected chi connectivity index (χ0v) is 16.8. The summed E-state index contributed by atoms with van der Waals surface area (Å²) in [6.07, 6.45) is 2.59. The van der Waals surface area contributed by atoms with Gasteiger partial charge in [-0.25, -0.2) is 8.42 Å². The highest BCUT2D eigenvalue weighted by atomic mass is 32.2. The molecule has 27 heavy (non-hydrogen) atoms. The van der Waals surface area contributed by atoms with Gasteiger partial charge in [-0.05, 0) is 36.6 Å². The lowest BCUT2D eigenvalue weighted by Gasteiger charge is -2.24. The van der Waals surface area contributed by atoms with Crippen LogP contribution in [0.3, 0.4) is 0 Å². The van der Waals surface area contributed by atoms with Crippen LogP contribution in [0, 0.1) is 0 Å². The Kier molecular flexibility index (Phi) is 7.24. The monoisotopic (exact) mass is 390 g/mol. The molecule has 146 valence electrons. The molecule has 0 aromatic heterocycles. The molecule has 0 saturated carbocycles. The molecule has 0 saturated heterocycles. The number of nitrogens with zero attached hydrogens (tertiary/aromatic N) is 1. The second-order valence-corrected chi connectivity index (χ2v) is 8.08. The van der Waals surface area contributed by atoms with Crippen molar-refractivity contribution in [2.75, 3.05) is 29.5 Å². The van der Waals surface area contributed by atoms with Crippen molar-refractivity contribution < 1.29 is 17.9 Å². The van der Waals surface area contributed by atoms with E-state index < -0.39 is 10.0 Å². The van der Waals surface area contributed by atoms with Gasteiger partial charge in [-0.1, -0.05) is 37.3 Å².